The number of carbonyl (C=O) groups is 2. The van der Waals surface area contributed by atoms with Gasteiger partial charge >= 0.3 is 6.09 Å². The monoisotopic (exact) mass is 324 g/mol. The summed E-state index contributed by atoms with van der Waals surface area (Å²) in [6.45, 7) is 3.50. The number of methoxy groups -OCH3 is 1. The lowest BCUT2D eigenvalue weighted by atomic mass is 10.2. The molecule has 0 aliphatic carbocycles. The van der Waals surface area contributed by atoms with Crippen LogP contribution in [0.5, 0.6) is 0 Å². The minimum Gasteiger partial charge on any atom is -0.469 e. The SMILES string of the molecule is COC(=O)NC(=O)[C@@H](C)Sc1nnc(-c2ccoc2C)n1C. The van der Waals surface area contributed by atoms with Crippen molar-refractivity contribution in [2.24, 2.45) is 7.05 Å². The van der Waals surface area contributed by atoms with Crippen LogP contribution in [-0.4, -0.2) is 39.1 Å². The molecule has 0 saturated heterocycles. The Morgan fingerprint density at radius 2 is 2.18 bits per heavy atom. The first-order valence-electron chi connectivity index (χ1n) is 6.43. The highest BCUT2D eigenvalue weighted by Crippen LogP contribution is 2.27. The number of thioether (sulfide) groups is 1. The smallest absolute Gasteiger partial charge is 0.413 e. The van der Waals surface area contributed by atoms with Crippen LogP contribution < -0.4 is 5.32 Å². The predicted octanol–water partition coefficient (Wildman–Crippen LogP) is 1.75. The fourth-order valence-electron chi connectivity index (χ4n) is 1.73. The molecule has 2 aromatic heterocycles. The molecule has 1 atom stereocenters. The number of ether oxygens (including phenoxy) is 1. The summed E-state index contributed by atoms with van der Waals surface area (Å²) in [7, 11) is 3.00. The summed E-state index contributed by atoms with van der Waals surface area (Å²) in [6.07, 6.45) is 0.795. The van der Waals surface area contributed by atoms with Gasteiger partial charge in [0.15, 0.2) is 11.0 Å². The molecule has 0 spiro atoms. The van der Waals surface area contributed by atoms with Crippen molar-refractivity contribution in [3.05, 3.63) is 18.1 Å². The van der Waals surface area contributed by atoms with Crippen molar-refractivity contribution in [1.82, 2.24) is 20.1 Å². The van der Waals surface area contributed by atoms with E-state index in [4.69, 9.17) is 4.42 Å². The summed E-state index contributed by atoms with van der Waals surface area (Å²) in [5.74, 6) is 0.929. The maximum Gasteiger partial charge on any atom is 0.413 e. The highest BCUT2D eigenvalue weighted by Gasteiger charge is 2.21. The van der Waals surface area contributed by atoms with Crippen molar-refractivity contribution in [2.45, 2.75) is 24.3 Å². The van der Waals surface area contributed by atoms with Crippen molar-refractivity contribution in [3.63, 3.8) is 0 Å². The van der Waals surface area contributed by atoms with E-state index in [1.165, 1.54) is 18.9 Å². The molecule has 0 bridgehead atoms. The Kier molecular flexibility index (Phi) is 4.86. The first-order chi connectivity index (χ1) is 10.4. The molecule has 8 nitrogen and oxygen atoms in total. The van der Waals surface area contributed by atoms with Crippen molar-refractivity contribution in [3.8, 4) is 11.4 Å². The summed E-state index contributed by atoms with van der Waals surface area (Å²) >= 11 is 1.19. The van der Waals surface area contributed by atoms with Gasteiger partial charge in [0, 0.05) is 7.05 Å². The molecule has 118 valence electrons. The summed E-state index contributed by atoms with van der Waals surface area (Å²) in [6, 6.07) is 1.81. The summed E-state index contributed by atoms with van der Waals surface area (Å²) in [5, 5.41) is 10.3. The van der Waals surface area contributed by atoms with Crippen molar-refractivity contribution >= 4 is 23.8 Å². The van der Waals surface area contributed by atoms with Gasteiger partial charge in [-0.15, -0.1) is 10.2 Å². The maximum absolute atomic E-state index is 11.8. The zero-order chi connectivity index (χ0) is 16.3. The Hall–Kier alpha value is -2.29. The van der Waals surface area contributed by atoms with Gasteiger partial charge in [-0.05, 0) is 19.9 Å². The van der Waals surface area contributed by atoms with E-state index >= 15 is 0 Å². The summed E-state index contributed by atoms with van der Waals surface area (Å²) < 4.78 is 11.4. The van der Waals surface area contributed by atoms with Gasteiger partial charge in [0.1, 0.15) is 5.76 Å². The molecule has 0 aliphatic rings. The molecule has 0 radical (unpaired) electrons. The van der Waals surface area contributed by atoms with Gasteiger partial charge in [-0.1, -0.05) is 11.8 Å². The molecule has 2 amide bonds. The zero-order valence-corrected chi connectivity index (χ0v) is 13.4. The number of imide groups is 1. The Labute approximate surface area is 131 Å². The third-order valence-corrected chi connectivity index (χ3v) is 4.13. The molecule has 2 rings (SSSR count). The quantitative estimate of drug-likeness (QED) is 0.855. The number of aryl methyl sites for hydroxylation is 1. The van der Waals surface area contributed by atoms with Gasteiger partial charge in [-0.2, -0.15) is 0 Å². The Bertz CT molecular complexity index is 694. The summed E-state index contributed by atoms with van der Waals surface area (Å²) in [5.41, 5.74) is 0.841. The lowest BCUT2D eigenvalue weighted by Crippen LogP contribution is -2.35. The number of nitrogens with one attached hydrogen (secondary N) is 1. The molecule has 0 unspecified atom stereocenters. The topological polar surface area (TPSA) is 99.2 Å². The molecule has 0 aromatic carbocycles. The number of furan rings is 1. The number of carbonyl (C=O) groups excluding carboxylic acids is 2. The van der Waals surface area contributed by atoms with E-state index in [9.17, 15) is 9.59 Å². The van der Waals surface area contributed by atoms with Crippen LogP contribution in [0.25, 0.3) is 11.4 Å². The Morgan fingerprint density at radius 3 is 2.77 bits per heavy atom. The number of nitrogens with zero attached hydrogens (tertiary/aromatic N) is 3. The fraction of sp³-hybridized carbons (Fsp3) is 0.385. The lowest BCUT2D eigenvalue weighted by molar-refractivity contribution is -0.119. The largest absolute Gasteiger partial charge is 0.469 e. The van der Waals surface area contributed by atoms with Crippen LogP contribution in [0.15, 0.2) is 21.9 Å². The summed E-state index contributed by atoms with van der Waals surface area (Å²) in [4.78, 5) is 22.8. The van der Waals surface area contributed by atoms with E-state index in [1.807, 2.05) is 6.92 Å². The number of amides is 2. The minimum atomic E-state index is -0.787. The van der Waals surface area contributed by atoms with Crippen molar-refractivity contribution < 1.29 is 18.7 Å². The second kappa shape index (κ2) is 6.65. The number of alkyl carbamates (subject to hydrolysis) is 1. The molecule has 0 fully saturated rings. The van der Waals surface area contributed by atoms with Crippen molar-refractivity contribution in [2.75, 3.05) is 7.11 Å². The molecule has 9 heteroatoms. The van der Waals surface area contributed by atoms with Crippen LogP contribution in [0.4, 0.5) is 4.79 Å². The molecular formula is C13H16N4O4S. The van der Waals surface area contributed by atoms with Gasteiger partial charge in [-0.3, -0.25) is 10.1 Å². The molecule has 22 heavy (non-hydrogen) atoms. The second-order valence-electron chi connectivity index (χ2n) is 4.50. The van der Waals surface area contributed by atoms with E-state index < -0.39 is 17.3 Å². The zero-order valence-electron chi connectivity index (χ0n) is 12.6. The number of hydrogen-bond donors (Lipinski definition) is 1. The minimum absolute atomic E-state index is 0.458. The van der Waals surface area contributed by atoms with Gasteiger partial charge in [-0.25, -0.2) is 4.79 Å². The third kappa shape index (κ3) is 3.30. The van der Waals surface area contributed by atoms with Crippen LogP contribution in [0.2, 0.25) is 0 Å². The highest BCUT2D eigenvalue weighted by molar-refractivity contribution is 8.00. The number of aromatic nitrogens is 3. The van der Waals surface area contributed by atoms with E-state index in [0.717, 1.165) is 11.3 Å². The molecule has 2 aromatic rings. The molecule has 0 aliphatic heterocycles. The lowest BCUT2D eigenvalue weighted by Gasteiger charge is -2.10. The third-order valence-electron chi connectivity index (χ3n) is 3.00. The second-order valence-corrected chi connectivity index (χ2v) is 5.80. The van der Waals surface area contributed by atoms with E-state index in [0.29, 0.717) is 11.0 Å². The van der Waals surface area contributed by atoms with Gasteiger partial charge < -0.3 is 13.7 Å². The Balaban J connectivity index is 2.11. The average molecular weight is 324 g/mol. The van der Waals surface area contributed by atoms with Gasteiger partial charge in [0.2, 0.25) is 5.91 Å². The number of hydrogen-bond acceptors (Lipinski definition) is 7. The maximum atomic E-state index is 11.8. The van der Waals surface area contributed by atoms with Gasteiger partial charge in [0.25, 0.3) is 0 Å². The predicted molar refractivity (Wildman–Crippen MR) is 79.3 cm³/mol. The first kappa shape index (κ1) is 16.1. The molecule has 2 heterocycles. The van der Waals surface area contributed by atoms with Crippen molar-refractivity contribution in [1.29, 1.82) is 0 Å². The van der Waals surface area contributed by atoms with Crippen LogP contribution in [0.3, 0.4) is 0 Å². The standard InChI is InChI=1S/C13H16N4O4S/c1-7-9(5-6-21-7)10-15-16-12(17(10)3)22-8(2)11(18)14-13(19)20-4/h5-6,8H,1-4H3,(H,14,18,19)/t8-/m1/s1. The molecule has 1 N–H and O–H groups in total. The molecule has 0 saturated carbocycles. The van der Waals surface area contributed by atoms with Crippen LogP contribution >= 0.6 is 11.8 Å². The Morgan fingerprint density at radius 1 is 1.45 bits per heavy atom. The van der Waals surface area contributed by atoms with Crippen LogP contribution in [0.1, 0.15) is 12.7 Å². The van der Waals surface area contributed by atoms with E-state index in [2.05, 4.69) is 20.3 Å². The molecular weight excluding hydrogens is 308 g/mol. The van der Waals surface area contributed by atoms with Gasteiger partial charge in [0.05, 0.1) is 24.2 Å². The van der Waals surface area contributed by atoms with E-state index in [-0.39, 0.29) is 0 Å². The van der Waals surface area contributed by atoms with E-state index in [1.54, 1.807) is 30.9 Å². The fourth-order valence-corrected chi connectivity index (χ4v) is 2.55. The average Bonchev–Trinajstić information content (AvgIpc) is 3.05. The van der Waals surface area contributed by atoms with Crippen LogP contribution in [-0.2, 0) is 16.6 Å². The highest BCUT2D eigenvalue weighted by atomic mass is 32.2. The first-order valence-corrected chi connectivity index (χ1v) is 7.31. The van der Waals surface area contributed by atoms with Crippen LogP contribution in [0, 0.1) is 6.92 Å². The number of rotatable bonds is 4. The normalized spacial score (nSPS) is 12.0.